The Kier molecular flexibility index (Phi) is 4.16. The maximum absolute atomic E-state index is 12.3. The van der Waals surface area contributed by atoms with Crippen molar-refractivity contribution in [2.75, 3.05) is 26.2 Å². The van der Waals surface area contributed by atoms with Crippen LogP contribution in [0, 0.1) is 13.8 Å². The standard InChI is InChI=1S/C15H23N3O2/c1-11-9-14(12(2)16(11)4)10-15(20)18-7-5-17(6-8-18)13(3)19/h9H,5-8,10H2,1-4H3. The quantitative estimate of drug-likeness (QED) is 0.805. The highest BCUT2D eigenvalue weighted by atomic mass is 16.2. The first-order chi connectivity index (χ1) is 9.40. The molecule has 1 aromatic heterocycles. The molecule has 0 radical (unpaired) electrons. The first-order valence-electron chi connectivity index (χ1n) is 7.05. The van der Waals surface area contributed by atoms with Gasteiger partial charge in [0.15, 0.2) is 0 Å². The third-order valence-electron chi connectivity index (χ3n) is 4.30. The fourth-order valence-electron chi connectivity index (χ4n) is 2.66. The summed E-state index contributed by atoms with van der Waals surface area (Å²) in [5.74, 6) is 0.244. The van der Waals surface area contributed by atoms with Crippen molar-refractivity contribution in [3.63, 3.8) is 0 Å². The van der Waals surface area contributed by atoms with Crippen molar-refractivity contribution in [1.29, 1.82) is 0 Å². The molecule has 0 N–H and O–H groups in total. The second-order valence-electron chi connectivity index (χ2n) is 5.52. The Morgan fingerprint density at radius 2 is 1.65 bits per heavy atom. The van der Waals surface area contributed by atoms with Gasteiger partial charge in [0, 0.05) is 51.5 Å². The lowest BCUT2D eigenvalue weighted by molar-refractivity contribution is -0.138. The van der Waals surface area contributed by atoms with E-state index in [0.717, 1.165) is 11.3 Å². The Balaban J connectivity index is 1.96. The van der Waals surface area contributed by atoms with Crippen LogP contribution in [0.5, 0.6) is 0 Å². The number of nitrogens with zero attached hydrogens (tertiary/aromatic N) is 3. The minimum Gasteiger partial charge on any atom is -0.352 e. The third-order valence-corrected chi connectivity index (χ3v) is 4.30. The molecule has 1 aromatic rings. The first-order valence-corrected chi connectivity index (χ1v) is 7.05. The van der Waals surface area contributed by atoms with Gasteiger partial charge in [-0.3, -0.25) is 9.59 Å². The number of aryl methyl sites for hydroxylation is 1. The fourth-order valence-corrected chi connectivity index (χ4v) is 2.66. The van der Waals surface area contributed by atoms with Gasteiger partial charge in [-0.25, -0.2) is 0 Å². The van der Waals surface area contributed by atoms with E-state index in [-0.39, 0.29) is 11.8 Å². The molecule has 5 nitrogen and oxygen atoms in total. The summed E-state index contributed by atoms with van der Waals surface area (Å²) in [6.45, 7) is 8.25. The summed E-state index contributed by atoms with van der Waals surface area (Å²) in [5.41, 5.74) is 3.42. The monoisotopic (exact) mass is 277 g/mol. The van der Waals surface area contributed by atoms with Crippen LogP contribution < -0.4 is 0 Å². The Morgan fingerprint density at radius 1 is 1.10 bits per heavy atom. The second-order valence-corrected chi connectivity index (χ2v) is 5.52. The lowest BCUT2D eigenvalue weighted by Crippen LogP contribution is -2.50. The Morgan fingerprint density at radius 3 is 2.10 bits per heavy atom. The first kappa shape index (κ1) is 14.6. The van der Waals surface area contributed by atoms with Crippen molar-refractivity contribution >= 4 is 11.8 Å². The summed E-state index contributed by atoms with van der Waals surface area (Å²) in [6, 6.07) is 2.08. The van der Waals surface area contributed by atoms with Crippen LogP contribution in [0.3, 0.4) is 0 Å². The summed E-state index contributed by atoms with van der Waals surface area (Å²) in [5, 5.41) is 0. The van der Waals surface area contributed by atoms with E-state index >= 15 is 0 Å². The van der Waals surface area contributed by atoms with Crippen molar-refractivity contribution in [1.82, 2.24) is 14.4 Å². The topological polar surface area (TPSA) is 45.6 Å². The average Bonchev–Trinajstić information content (AvgIpc) is 2.66. The normalized spacial score (nSPS) is 15.6. The number of aromatic nitrogens is 1. The average molecular weight is 277 g/mol. The minimum absolute atomic E-state index is 0.0895. The zero-order chi connectivity index (χ0) is 14.9. The van der Waals surface area contributed by atoms with Gasteiger partial charge in [0.1, 0.15) is 0 Å². The molecule has 2 amide bonds. The maximum atomic E-state index is 12.3. The molecule has 1 aliphatic rings. The van der Waals surface area contributed by atoms with Crippen LogP contribution in [0.15, 0.2) is 6.07 Å². The van der Waals surface area contributed by atoms with Gasteiger partial charge in [-0.2, -0.15) is 0 Å². The lowest BCUT2D eigenvalue weighted by Gasteiger charge is -2.34. The molecule has 110 valence electrons. The van der Waals surface area contributed by atoms with Crippen molar-refractivity contribution < 1.29 is 9.59 Å². The zero-order valence-corrected chi connectivity index (χ0v) is 12.8. The summed E-state index contributed by atoms with van der Waals surface area (Å²) in [4.78, 5) is 27.3. The summed E-state index contributed by atoms with van der Waals surface area (Å²) < 4.78 is 2.11. The van der Waals surface area contributed by atoms with Crippen LogP contribution in [-0.2, 0) is 23.1 Å². The number of carbonyl (C=O) groups excluding carboxylic acids is 2. The molecule has 1 fully saturated rings. The van der Waals surface area contributed by atoms with Crippen LogP contribution in [0.2, 0.25) is 0 Å². The summed E-state index contributed by atoms with van der Waals surface area (Å²) in [6.07, 6.45) is 0.452. The van der Waals surface area contributed by atoms with Gasteiger partial charge in [0.2, 0.25) is 11.8 Å². The van der Waals surface area contributed by atoms with E-state index in [4.69, 9.17) is 0 Å². The van der Waals surface area contributed by atoms with Crippen LogP contribution in [0.4, 0.5) is 0 Å². The van der Waals surface area contributed by atoms with Crippen molar-refractivity contribution in [2.45, 2.75) is 27.2 Å². The van der Waals surface area contributed by atoms with Gasteiger partial charge in [-0.1, -0.05) is 0 Å². The van der Waals surface area contributed by atoms with Gasteiger partial charge in [-0.15, -0.1) is 0 Å². The van der Waals surface area contributed by atoms with Gasteiger partial charge in [-0.05, 0) is 25.5 Å². The number of carbonyl (C=O) groups is 2. The molecule has 0 aromatic carbocycles. The Hall–Kier alpha value is -1.78. The van der Waals surface area contributed by atoms with E-state index in [9.17, 15) is 9.59 Å². The highest BCUT2D eigenvalue weighted by molar-refractivity contribution is 5.80. The Bertz CT molecular complexity index is 525. The molecule has 5 heteroatoms. The minimum atomic E-state index is 0.0895. The largest absolute Gasteiger partial charge is 0.352 e. The molecule has 0 saturated carbocycles. The maximum Gasteiger partial charge on any atom is 0.227 e. The van der Waals surface area contributed by atoms with E-state index in [1.807, 2.05) is 25.8 Å². The van der Waals surface area contributed by atoms with Crippen LogP contribution in [-0.4, -0.2) is 52.4 Å². The van der Waals surface area contributed by atoms with Crippen molar-refractivity contribution in [2.24, 2.45) is 7.05 Å². The van der Waals surface area contributed by atoms with Crippen LogP contribution in [0.25, 0.3) is 0 Å². The zero-order valence-electron chi connectivity index (χ0n) is 12.8. The van der Waals surface area contributed by atoms with Gasteiger partial charge < -0.3 is 14.4 Å². The van der Waals surface area contributed by atoms with Crippen molar-refractivity contribution in [3.8, 4) is 0 Å². The third kappa shape index (κ3) is 2.86. The lowest BCUT2D eigenvalue weighted by atomic mass is 10.1. The molecular weight excluding hydrogens is 254 g/mol. The molecule has 20 heavy (non-hydrogen) atoms. The van der Waals surface area contributed by atoms with Crippen LogP contribution in [0.1, 0.15) is 23.9 Å². The Labute approximate surface area is 120 Å². The van der Waals surface area contributed by atoms with Gasteiger partial charge >= 0.3 is 0 Å². The van der Waals surface area contributed by atoms with Gasteiger partial charge in [0.25, 0.3) is 0 Å². The number of hydrogen-bond acceptors (Lipinski definition) is 2. The molecule has 1 saturated heterocycles. The summed E-state index contributed by atoms with van der Waals surface area (Å²) in [7, 11) is 2.02. The predicted molar refractivity (Wildman–Crippen MR) is 77.4 cm³/mol. The molecule has 0 spiro atoms. The smallest absolute Gasteiger partial charge is 0.227 e. The van der Waals surface area contributed by atoms with E-state index in [0.29, 0.717) is 32.6 Å². The number of amides is 2. The molecular formula is C15H23N3O2. The molecule has 0 atom stereocenters. The van der Waals surface area contributed by atoms with E-state index in [1.165, 1.54) is 5.69 Å². The molecule has 0 bridgehead atoms. The molecule has 0 aliphatic carbocycles. The van der Waals surface area contributed by atoms with Crippen LogP contribution >= 0.6 is 0 Å². The number of rotatable bonds is 2. The van der Waals surface area contributed by atoms with Crippen molar-refractivity contribution in [3.05, 3.63) is 23.0 Å². The number of hydrogen-bond donors (Lipinski definition) is 0. The molecule has 2 heterocycles. The number of piperazine rings is 1. The summed E-state index contributed by atoms with van der Waals surface area (Å²) >= 11 is 0. The van der Waals surface area contributed by atoms with E-state index in [1.54, 1.807) is 11.8 Å². The predicted octanol–water partition coefficient (Wildman–Crippen LogP) is 0.875. The molecule has 1 aliphatic heterocycles. The van der Waals surface area contributed by atoms with E-state index in [2.05, 4.69) is 10.6 Å². The fraction of sp³-hybridized carbons (Fsp3) is 0.600. The highest BCUT2D eigenvalue weighted by Crippen LogP contribution is 2.15. The highest BCUT2D eigenvalue weighted by Gasteiger charge is 2.23. The SMILES string of the molecule is CC(=O)N1CCN(C(=O)Cc2cc(C)n(C)c2C)CC1. The molecule has 2 rings (SSSR count). The van der Waals surface area contributed by atoms with E-state index < -0.39 is 0 Å². The second kappa shape index (κ2) is 5.69. The van der Waals surface area contributed by atoms with Gasteiger partial charge in [0.05, 0.1) is 6.42 Å². The molecule has 0 unspecified atom stereocenters.